The normalized spacial score (nSPS) is 11.5. The first-order valence-corrected chi connectivity index (χ1v) is 21.8. The third kappa shape index (κ3) is 51.0. The molecule has 0 aromatic rings. The molecule has 0 amide bonds. The van der Waals surface area contributed by atoms with Gasteiger partial charge in [0.2, 0.25) is 0 Å². The quantitative estimate of drug-likeness (QED) is 0.0464. The number of esters is 1. The molecule has 0 rings (SSSR count). The zero-order valence-electron chi connectivity index (χ0n) is 35.4. The van der Waals surface area contributed by atoms with Crippen LogP contribution < -0.4 is 0 Å². The maximum atomic E-state index is 11.9. The lowest BCUT2D eigenvalue weighted by Gasteiger charge is -2.09. The minimum atomic E-state index is -0.131. The summed E-state index contributed by atoms with van der Waals surface area (Å²) in [5.41, 5.74) is 0. The summed E-state index contributed by atoms with van der Waals surface area (Å²) in [4.78, 5) is 11.9. The van der Waals surface area contributed by atoms with E-state index in [1.165, 1.54) is 70.6 Å². The fourth-order valence-electron chi connectivity index (χ4n) is 5.12. The van der Waals surface area contributed by atoms with Crippen molar-refractivity contribution in [2.75, 3.05) is 152 Å². The number of carbonyl (C=O) groups excluding carboxylic acids is 1. The van der Waals surface area contributed by atoms with Gasteiger partial charge in [-0.25, -0.2) is 0 Å². The molecule has 0 aromatic heterocycles. The van der Waals surface area contributed by atoms with Gasteiger partial charge >= 0.3 is 5.97 Å². The SMILES string of the molecule is CCCCCCCCCCCCCCCC(=O)OCCOCCOCCOCCOCCOCCOCCOCCOCCOCCOCCOCCCC. The Kier molecular flexibility index (Phi) is 50.1. The Balaban J connectivity index is 3.12. The highest BCUT2D eigenvalue weighted by Gasteiger charge is 2.03. The molecule has 0 radical (unpaired) electrons. The molecule has 0 bridgehead atoms. The monoisotopic (exact) mass is 797 g/mol. The summed E-state index contributed by atoms with van der Waals surface area (Å²) in [7, 11) is 0. The number of ether oxygens (including phenoxy) is 12. The zero-order valence-corrected chi connectivity index (χ0v) is 35.4. The molecule has 0 aliphatic rings. The standard InChI is InChI=1S/C42H84O13/c1-3-5-7-8-9-10-11-12-13-14-15-16-17-18-42(43)55-41-40-54-39-38-53-37-36-52-35-34-51-33-32-50-31-30-49-29-28-48-27-26-47-25-24-46-23-22-45-21-20-44-19-6-4-2/h3-41H2,1-2H3. The van der Waals surface area contributed by atoms with Crippen molar-refractivity contribution in [3.8, 4) is 0 Å². The lowest BCUT2D eigenvalue weighted by atomic mass is 10.0. The number of unbranched alkanes of at least 4 members (excludes halogenated alkanes) is 13. The van der Waals surface area contributed by atoms with Crippen LogP contribution in [0.25, 0.3) is 0 Å². The molecule has 55 heavy (non-hydrogen) atoms. The summed E-state index contributed by atoms with van der Waals surface area (Å²) in [5.74, 6) is -0.131. The number of rotatable bonds is 50. The van der Waals surface area contributed by atoms with Crippen LogP contribution in [0.5, 0.6) is 0 Å². The first-order chi connectivity index (χ1) is 27.3. The third-order valence-corrected chi connectivity index (χ3v) is 8.34. The van der Waals surface area contributed by atoms with Crippen LogP contribution in [0.2, 0.25) is 0 Å². The second-order valence-electron chi connectivity index (χ2n) is 13.3. The lowest BCUT2D eigenvalue weighted by molar-refractivity contribution is -0.145. The van der Waals surface area contributed by atoms with Gasteiger partial charge in [-0.05, 0) is 12.8 Å². The minimum absolute atomic E-state index is 0.131. The van der Waals surface area contributed by atoms with Crippen molar-refractivity contribution in [1.29, 1.82) is 0 Å². The molecule has 0 N–H and O–H groups in total. The fourth-order valence-corrected chi connectivity index (χ4v) is 5.12. The van der Waals surface area contributed by atoms with Gasteiger partial charge in [0.1, 0.15) is 6.61 Å². The Bertz CT molecular complexity index is 704. The predicted molar refractivity (Wildman–Crippen MR) is 215 cm³/mol. The van der Waals surface area contributed by atoms with Gasteiger partial charge in [-0.15, -0.1) is 0 Å². The van der Waals surface area contributed by atoms with Crippen LogP contribution in [-0.2, 0) is 61.6 Å². The van der Waals surface area contributed by atoms with Crippen LogP contribution in [0, 0.1) is 0 Å². The molecule has 0 fully saturated rings. The summed E-state index contributed by atoms with van der Waals surface area (Å²) in [5, 5.41) is 0. The molecule has 0 aliphatic carbocycles. The molecule has 0 saturated heterocycles. The second kappa shape index (κ2) is 51.0. The molecule has 13 nitrogen and oxygen atoms in total. The highest BCUT2D eigenvalue weighted by atomic mass is 16.6. The van der Waals surface area contributed by atoms with Gasteiger partial charge in [0.15, 0.2) is 0 Å². The van der Waals surface area contributed by atoms with Crippen LogP contribution in [0.3, 0.4) is 0 Å². The van der Waals surface area contributed by atoms with Crippen molar-refractivity contribution in [3.05, 3.63) is 0 Å². The average molecular weight is 797 g/mol. The molecule has 0 unspecified atom stereocenters. The highest BCUT2D eigenvalue weighted by Crippen LogP contribution is 2.13. The minimum Gasteiger partial charge on any atom is -0.463 e. The van der Waals surface area contributed by atoms with Crippen molar-refractivity contribution >= 4 is 5.97 Å². The summed E-state index contributed by atoms with van der Waals surface area (Å²) in [6.07, 6.45) is 19.6. The maximum absolute atomic E-state index is 11.9. The number of carbonyl (C=O) groups is 1. The van der Waals surface area contributed by atoms with Crippen LogP contribution >= 0.6 is 0 Å². The number of hydrogen-bond donors (Lipinski definition) is 0. The van der Waals surface area contributed by atoms with Crippen molar-refractivity contribution < 1.29 is 61.6 Å². The molecule has 0 heterocycles. The predicted octanol–water partition coefficient (Wildman–Crippen LogP) is 6.99. The largest absolute Gasteiger partial charge is 0.463 e. The Morgan fingerprint density at radius 1 is 0.255 bits per heavy atom. The Morgan fingerprint density at radius 2 is 0.473 bits per heavy atom. The van der Waals surface area contributed by atoms with E-state index < -0.39 is 0 Å². The first kappa shape index (κ1) is 54.0. The van der Waals surface area contributed by atoms with E-state index in [1.54, 1.807) is 0 Å². The van der Waals surface area contributed by atoms with E-state index in [4.69, 9.17) is 56.8 Å². The Hall–Kier alpha value is -0.970. The molecule has 330 valence electrons. The molecule has 0 atom stereocenters. The number of hydrogen-bond acceptors (Lipinski definition) is 13. The molecular weight excluding hydrogens is 712 g/mol. The van der Waals surface area contributed by atoms with E-state index in [-0.39, 0.29) is 12.6 Å². The summed E-state index contributed by atoms with van der Waals surface area (Å²) >= 11 is 0. The van der Waals surface area contributed by atoms with Crippen LogP contribution in [0.1, 0.15) is 117 Å². The zero-order chi connectivity index (χ0) is 39.6. The fraction of sp³-hybridized carbons (Fsp3) is 0.976. The van der Waals surface area contributed by atoms with Crippen molar-refractivity contribution in [2.24, 2.45) is 0 Å². The summed E-state index contributed by atoms with van der Waals surface area (Å²) in [6, 6.07) is 0. The topological polar surface area (TPSA) is 128 Å². The lowest BCUT2D eigenvalue weighted by Crippen LogP contribution is -2.15. The Morgan fingerprint density at radius 3 is 0.745 bits per heavy atom. The van der Waals surface area contributed by atoms with E-state index in [2.05, 4.69) is 13.8 Å². The molecule has 0 spiro atoms. The maximum Gasteiger partial charge on any atom is 0.305 e. The second-order valence-corrected chi connectivity index (χ2v) is 13.3. The molecule has 0 aromatic carbocycles. The molecule has 0 aliphatic heterocycles. The molecular formula is C42H84O13. The van der Waals surface area contributed by atoms with Crippen molar-refractivity contribution in [1.82, 2.24) is 0 Å². The first-order valence-electron chi connectivity index (χ1n) is 21.8. The van der Waals surface area contributed by atoms with Crippen molar-refractivity contribution in [2.45, 2.75) is 117 Å². The molecule has 13 heteroatoms. The van der Waals surface area contributed by atoms with E-state index in [1.807, 2.05) is 0 Å². The van der Waals surface area contributed by atoms with E-state index in [9.17, 15) is 4.79 Å². The van der Waals surface area contributed by atoms with Gasteiger partial charge in [-0.1, -0.05) is 97.3 Å². The van der Waals surface area contributed by atoms with Crippen LogP contribution in [-0.4, -0.2) is 158 Å². The van der Waals surface area contributed by atoms with Crippen LogP contribution in [0.4, 0.5) is 0 Å². The van der Waals surface area contributed by atoms with Crippen molar-refractivity contribution in [3.63, 3.8) is 0 Å². The van der Waals surface area contributed by atoms with E-state index in [0.29, 0.717) is 145 Å². The van der Waals surface area contributed by atoms with Gasteiger partial charge in [-0.3, -0.25) is 4.79 Å². The van der Waals surface area contributed by atoms with Crippen LogP contribution in [0.15, 0.2) is 0 Å². The van der Waals surface area contributed by atoms with Gasteiger partial charge in [0.05, 0.1) is 139 Å². The van der Waals surface area contributed by atoms with Gasteiger partial charge in [-0.2, -0.15) is 0 Å². The van der Waals surface area contributed by atoms with Gasteiger partial charge in [0.25, 0.3) is 0 Å². The van der Waals surface area contributed by atoms with Gasteiger partial charge < -0.3 is 56.8 Å². The summed E-state index contributed by atoms with van der Waals surface area (Å²) < 4.78 is 65.6. The van der Waals surface area contributed by atoms with Gasteiger partial charge in [0, 0.05) is 13.0 Å². The highest BCUT2D eigenvalue weighted by molar-refractivity contribution is 5.69. The summed E-state index contributed by atoms with van der Waals surface area (Å²) in [6.45, 7) is 16.3. The smallest absolute Gasteiger partial charge is 0.305 e. The van der Waals surface area contributed by atoms with E-state index >= 15 is 0 Å². The van der Waals surface area contributed by atoms with E-state index in [0.717, 1.165) is 32.3 Å². The third-order valence-electron chi connectivity index (χ3n) is 8.34. The average Bonchev–Trinajstić information content (AvgIpc) is 3.19. The Labute approximate surface area is 335 Å². The molecule has 0 saturated carbocycles.